The molecule has 2 heterocycles. The number of carbonyl (C=O) groups excluding carboxylic acids is 1. The lowest BCUT2D eigenvalue weighted by Crippen LogP contribution is -2.43. The number of carbonyl (C=O) groups is 1. The summed E-state index contributed by atoms with van der Waals surface area (Å²) in [5.41, 5.74) is 2.01. The van der Waals surface area contributed by atoms with Crippen molar-refractivity contribution < 1.29 is 9.53 Å². The van der Waals surface area contributed by atoms with Crippen LogP contribution in [0.25, 0.3) is 0 Å². The fourth-order valence-corrected chi connectivity index (χ4v) is 2.76. The Balaban J connectivity index is 1.55. The monoisotopic (exact) mass is 316 g/mol. The van der Waals surface area contributed by atoms with Gasteiger partial charge in [0.05, 0.1) is 12.6 Å². The highest BCUT2D eigenvalue weighted by Crippen LogP contribution is 2.28. The summed E-state index contributed by atoms with van der Waals surface area (Å²) in [4.78, 5) is 23.7. The van der Waals surface area contributed by atoms with Gasteiger partial charge in [-0.05, 0) is 24.5 Å². The smallest absolute Gasteiger partial charge is 0.345 e. The number of hydrogen-bond acceptors (Lipinski definition) is 4. The lowest BCUT2D eigenvalue weighted by molar-refractivity contribution is -0.122. The molecule has 122 valence electrons. The molecule has 7 nitrogen and oxygen atoms in total. The number of benzene rings is 1. The number of fused-ring (bicyclic) bond motifs is 1. The number of hydrogen-bond donors (Lipinski definition) is 1. The van der Waals surface area contributed by atoms with E-state index in [1.807, 2.05) is 25.1 Å². The molecule has 1 aromatic heterocycles. The fraction of sp³-hybridized carbons (Fsp3) is 0.438. The van der Waals surface area contributed by atoms with Crippen molar-refractivity contribution in [2.45, 2.75) is 32.4 Å². The average Bonchev–Trinajstić information content (AvgIpc) is 2.85. The molecule has 1 amide bonds. The molecule has 1 aromatic carbocycles. The zero-order chi connectivity index (χ0) is 16.4. The Morgan fingerprint density at radius 2 is 2.30 bits per heavy atom. The van der Waals surface area contributed by atoms with Crippen LogP contribution in [-0.2, 0) is 24.8 Å². The summed E-state index contributed by atoms with van der Waals surface area (Å²) >= 11 is 0. The van der Waals surface area contributed by atoms with Gasteiger partial charge in [-0.25, -0.2) is 9.48 Å². The topological polar surface area (TPSA) is 78.2 Å². The number of rotatable bonds is 4. The van der Waals surface area contributed by atoms with Gasteiger partial charge in [0.15, 0.2) is 0 Å². The summed E-state index contributed by atoms with van der Waals surface area (Å²) in [6.45, 7) is 2.75. The van der Waals surface area contributed by atoms with E-state index < -0.39 is 0 Å². The molecule has 0 saturated heterocycles. The second-order valence-corrected chi connectivity index (χ2v) is 5.84. The van der Waals surface area contributed by atoms with Gasteiger partial charge in [0.1, 0.15) is 18.7 Å². The van der Waals surface area contributed by atoms with E-state index in [-0.39, 0.29) is 30.6 Å². The Morgan fingerprint density at radius 3 is 3.04 bits per heavy atom. The van der Waals surface area contributed by atoms with Gasteiger partial charge in [-0.1, -0.05) is 18.2 Å². The SMILES string of the molecule is Cc1cccc2c1OC[C@@H](NC(=O)CCn1ncn(C)c1=O)C2. The number of ether oxygens (including phenoxy) is 1. The van der Waals surface area contributed by atoms with E-state index in [0.717, 1.165) is 23.3 Å². The molecular weight excluding hydrogens is 296 g/mol. The maximum atomic E-state index is 12.1. The number of aryl methyl sites for hydroxylation is 3. The molecule has 0 aliphatic carbocycles. The van der Waals surface area contributed by atoms with Crippen LogP contribution in [0.5, 0.6) is 5.75 Å². The molecule has 0 saturated carbocycles. The summed E-state index contributed by atoms with van der Waals surface area (Å²) in [6.07, 6.45) is 2.41. The third-order valence-corrected chi connectivity index (χ3v) is 3.99. The lowest BCUT2D eigenvalue weighted by atomic mass is 10.00. The summed E-state index contributed by atoms with van der Waals surface area (Å²) < 4.78 is 8.44. The van der Waals surface area contributed by atoms with Gasteiger partial charge in [-0.3, -0.25) is 9.36 Å². The van der Waals surface area contributed by atoms with E-state index >= 15 is 0 Å². The summed E-state index contributed by atoms with van der Waals surface area (Å²) in [5, 5.41) is 6.90. The molecule has 2 aromatic rings. The fourth-order valence-electron chi connectivity index (χ4n) is 2.76. The Bertz CT molecular complexity index is 778. The molecule has 0 bridgehead atoms. The Labute approximate surface area is 133 Å². The maximum absolute atomic E-state index is 12.1. The highest BCUT2D eigenvalue weighted by atomic mass is 16.5. The minimum absolute atomic E-state index is 0.0442. The first-order valence-electron chi connectivity index (χ1n) is 7.63. The van der Waals surface area contributed by atoms with Crippen LogP contribution in [0.3, 0.4) is 0 Å². The number of nitrogens with one attached hydrogen (secondary N) is 1. The number of aromatic nitrogens is 3. The zero-order valence-corrected chi connectivity index (χ0v) is 13.3. The first kappa shape index (κ1) is 15.3. The summed E-state index contributed by atoms with van der Waals surface area (Å²) in [6, 6.07) is 5.99. The maximum Gasteiger partial charge on any atom is 0.345 e. The predicted molar refractivity (Wildman–Crippen MR) is 84.4 cm³/mol. The van der Waals surface area contributed by atoms with Crippen molar-refractivity contribution >= 4 is 5.91 Å². The van der Waals surface area contributed by atoms with Crippen molar-refractivity contribution in [1.82, 2.24) is 19.7 Å². The summed E-state index contributed by atoms with van der Waals surface area (Å²) in [7, 11) is 1.63. The van der Waals surface area contributed by atoms with Gasteiger partial charge >= 0.3 is 5.69 Å². The van der Waals surface area contributed by atoms with Crippen LogP contribution in [-0.4, -0.2) is 32.9 Å². The van der Waals surface area contributed by atoms with E-state index in [1.165, 1.54) is 15.6 Å². The van der Waals surface area contributed by atoms with Crippen LogP contribution in [0.15, 0.2) is 29.3 Å². The average molecular weight is 316 g/mol. The van der Waals surface area contributed by atoms with Crippen molar-refractivity contribution in [3.05, 3.63) is 46.1 Å². The lowest BCUT2D eigenvalue weighted by Gasteiger charge is -2.27. The third-order valence-electron chi connectivity index (χ3n) is 3.99. The molecule has 0 radical (unpaired) electrons. The van der Waals surface area contributed by atoms with Crippen LogP contribution in [0.1, 0.15) is 17.5 Å². The molecule has 1 aliphatic heterocycles. The normalized spacial score (nSPS) is 16.5. The van der Waals surface area contributed by atoms with Crippen molar-refractivity contribution in [1.29, 1.82) is 0 Å². The van der Waals surface area contributed by atoms with Crippen LogP contribution < -0.4 is 15.7 Å². The van der Waals surface area contributed by atoms with Gasteiger partial charge in [0, 0.05) is 13.5 Å². The van der Waals surface area contributed by atoms with E-state index in [1.54, 1.807) is 7.05 Å². The van der Waals surface area contributed by atoms with Crippen LogP contribution in [0.4, 0.5) is 0 Å². The van der Waals surface area contributed by atoms with E-state index in [0.29, 0.717) is 6.61 Å². The van der Waals surface area contributed by atoms with Gasteiger partial charge < -0.3 is 10.1 Å². The van der Waals surface area contributed by atoms with Crippen LogP contribution in [0, 0.1) is 6.92 Å². The Hall–Kier alpha value is -2.57. The van der Waals surface area contributed by atoms with Crippen molar-refractivity contribution in [3.63, 3.8) is 0 Å². The number of para-hydroxylation sites is 1. The minimum Gasteiger partial charge on any atom is -0.491 e. The molecule has 1 N–H and O–H groups in total. The van der Waals surface area contributed by atoms with Gasteiger partial charge in [-0.15, -0.1) is 0 Å². The van der Waals surface area contributed by atoms with Crippen molar-refractivity contribution in [3.8, 4) is 5.75 Å². The highest BCUT2D eigenvalue weighted by molar-refractivity contribution is 5.76. The van der Waals surface area contributed by atoms with E-state index in [9.17, 15) is 9.59 Å². The second-order valence-electron chi connectivity index (χ2n) is 5.84. The van der Waals surface area contributed by atoms with Crippen LogP contribution in [0.2, 0.25) is 0 Å². The predicted octanol–water partition coefficient (Wildman–Crippen LogP) is 0.400. The van der Waals surface area contributed by atoms with E-state index in [2.05, 4.69) is 10.4 Å². The van der Waals surface area contributed by atoms with Crippen molar-refractivity contribution in [2.75, 3.05) is 6.61 Å². The molecule has 0 spiro atoms. The molecule has 7 heteroatoms. The molecule has 23 heavy (non-hydrogen) atoms. The van der Waals surface area contributed by atoms with Gasteiger partial charge in [-0.2, -0.15) is 5.10 Å². The molecule has 1 atom stereocenters. The van der Waals surface area contributed by atoms with Gasteiger partial charge in [0.2, 0.25) is 5.91 Å². The molecule has 0 unspecified atom stereocenters. The van der Waals surface area contributed by atoms with Crippen LogP contribution >= 0.6 is 0 Å². The highest BCUT2D eigenvalue weighted by Gasteiger charge is 2.22. The summed E-state index contributed by atoms with van der Waals surface area (Å²) in [5.74, 6) is 0.824. The zero-order valence-electron chi connectivity index (χ0n) is 13.3. The second kappa shape index (κ2) is 6.28. The standard InChI is InChI=1S/C16H20N4O3/c1-11-4-3-5-12-8-13(9-23-15(11)12)18-14(21)6-7-20-16(22)19(2)10-17-20/h3-5,10,13H,6-9H2,1-2H3,(H,18,21)/t13-/m0/s1. The van der Waals surface area contributed by atoms with Crippen molar-refractivity contribution in [2.24, 2.45) is 7.05 Å². The number of nitrogens with zero attached hydrogens (tertiary/aromatic N) is 3. The Morgan fingerprint density at radius 1 is 1.48 bits per heavy atom. The molecular formula is C16H20N4O3. The Kier molecular flexibility index (Phi) is 4.18. The molecule has 1 aliphatic rings. The largest absolute Gasteiger partial charge is 0.491 e. The molecule has 0 fully saturated rings. The first-order chi connectivity index (χ1) is 11.0. The van der Waals surface area contributed by atoms with E-state index in [4.69, 9.17) is 4.74 Å². The third kappa shape index (κ3) is 3.28. The quantitative estimate of drug-likeness (QED) is 0.886. The van der Waals surface area contributed by atoms with Gasteiger partial charge in [0.25, 0.3) is 0 Å². The molecule has 3 rings (SSSR count). The first-order valence-corrected chi connectivity index (χ1v) is 7.63. The number of amides is 1. The minimum atomic E-state index is -0.219.